The van der Waals surface area contributed by atoms with Gasteiger partial charge in [0, 0.05) is 0 Å². The summed E-state index contributed by atoms with van der Waals surface area (Å²) in [6, 6.07) is 0.920. The SMILES string of the molecule is CC[C@H](C)[C@H](NC(=O)c1ccoc1C)C(=O)OC(C)(C)C. The van der Waals surface area contributed by atoms with Crippen LogP contribution in [0.1, 0.15) is 57.2 Å². The lowest BCUT2D eigenvalue weighted by molar-refractivity contribution is -0.158. The molecule has 0 radical (unpaired) electrons. The van der Waals surface area contributed by atoms with Crippen molar-refractivity contribution in [3.63, 3.8) is 0 Å². The second-order valence-electron chi connectivity index (χ2n) is 6.26. The molecule has 0 unspecified atom stereocenters. The van der Waals surface area contributed by atoms with Crippen LogP contribution in [0.25, 0.3) is 0 Å². The molecule has 0 aliphatic heterocycles. The van der Waals surface area contributed by atoms with E-state index in [1.807, 2.05) is 13.8 Å². The zero-order valence-corrected chi connectivity index (χ0v) is 13.6. The van der Waals surface area contributed by atoms with Crippen molar-refractivity contribution >= 4 is 11.9 Å². The first kappa shape index (κ1) is 17.3. The Balaban J connectivity index is 2.87. The van der Waals surface area contributed by atoms with Gasteiger partial charge in [0.2, 0.25) is 0 Å². The highest BCUT2D eigenvalue weighted by Crippen LogP contribution is 2.16. The van der Waals surface area contributed by atoms with Crippen molar-refractivity contribution in [3.05, 3.63) is 23.7 Å². The summed E-state index contributed by atoms with van der Waals surface area (Å²) < 4.78 is 10.5. The Morgan fingerprint density at radius 2 is 2.00 bits per heavy atom. The molecule has 0 aliphatic rings. The molecular weight excluding hydrogens is 270 g/mol. The van der Waals surface area contributed by atoms with Crippen molar-refractivity contribution in [3.8, 4) is 0 Å². The Morgan fingerprint density at radius 3 is 2.43 bits per heavy atom. The summed E-state index contributed by atoms with van der Waals surface area (Å²) in [4.78, 5) is 24.5. The quantitative estimate of drug-likeness (QED) is 0.848. The van der Waals surface area contributed by atoms with Crippen LogP contribution in [-0.4, -0.2) is 23.5 Å². The van der Waals surface area contributed by atoms with Gasteiger partial charge in [0.1, 0.15) is 17.4 Å². The second-order valence-corrected chi connectivity index (χ2v) is 6.26. The van der Waals surface area contributed by atoms with E-state index in [1.165, 1.54) is 6.26 Å². The predicted octanol–water partition coefficient (Wildman–Crippen LogP) is 3.07. The summed E-state index contributed by atoms with van der Waals surface area (Å²) in [7, 11) is 0. The van der Waals surface area contributed by atoms with Gasteiger partial charge in [0.15, 0.2) is 0 Å². The third kappa shape index (κ3) is 4.92. The molecule has 1 amide bonds. The van der Waals surface area contributed by atoms with E-state index in [2.05, 4.69) is 5.32 Å². The number of ether oxygens (including phenoxy) is 1. The topological polar surface area (TPSA) is 68.5 Å². The van der Waals surface area contributed by atoms with E-state index in [0.717, 1.165) is 6.42 Å². The van der Waals surface area contributed by atoms with Crippen molar-refractivity contribution in [1.29, 1.82) is 0 Å². The summed E-state index contributed by atoms with van der Waals surface area (Å²) in [5.41, 5.74) is -0.147. The number of furan rings is 1. The minimum Gasteiger partial charge on any atom is -0.469 e. The third-order valence-electron chi connectivity index (χ3n) is 3.26. The summed E-state index contributed by atoms with van der Waals surface area (Å²) in [5.74, 6) is -0.223. The van der Waals surface area contributed by atoms with Crippen LogP contribution in [0, 0.1) is 12.8 Å². The fourth-order valence-corrected chi connectivity index (χ4v) is 1.87. The van der Waals surface area contributed by atoms with Crippen LogP contribution in [0.15, 0.2) is 16.7 Å². The van der Waals surface area contributed by atoms with Crippen molar-refractivity contribution in [2.24, 2.45) is 5.92 Å². The Bertz CT molecular complexity index is 499. The van der Waals surface area contributed by atoms with Gasteiger partial charge in [0.05, 0.1) is 11.8 Å². The molecule has 2 atom stereocenters. The molecule has 0 saturated carbocycles. The summed E-state index contributed by atoms with van der Waals surface area (Å²) in [6.07, 6.45) is 2.21. The van der Waals surface area contributed by atoms with E-state index >= 15 is 0 Å². The number of aryl methyl sites for hydroxylation is 1. The van der Waals surface area contributed by atoms with E-state index in [9.17, 15) is 9.59 Å². The Kier molecular flexibility index (Phi) is 5.58. The number of amides is 1. The molecule has 1 aromatic rings. The summed E-state index contributed by atoms with van der Waals surface area (Å²) in [6.45, 7) is 11.0. The highest BCUT2D eigenvalue weighted by molar-refractivity contribution is 5.97. The van der Waals surface area contributed by atoms with Crippen LogP contribution < -0.4 is 5.32 Å². The van der Waals surface area contributed by atoms with Gasteiger partial charge in [-0.15, -0.1) is 0 Å². The maximum atomic E-state index is 12.3. The Hall–Kier alpha value is -1.78. The molecule has 0 aliphatic carbocycles. The summed E-state index contributed by atoms with van der Waals surface area (Å²) >= 11 is 0. The minimum atomic E-state index is -0.670. The molecule has 1 aromatic heterocycles. The van der Waals surface area contributed by atoms with E-state index in [1.54, 1.807) is 33.8 Å². The fourth-order valence-electron chi connectivity index (χ4n) is 1.87. The lowest BCUT2D eigenvalue weighted by Gasteiger charge is -2.27. The molecule has 5 heteroatoms. The molecule has 1 heterocycles. The molecule has 0 aromatic carbocycles. The molecule has 0 bridgehead atoms. The van der Waals surface area contributed by atoms with Crippen molar-refractivity contribution in [2.45, 2.75) is 59.6 Å². The number of nitrogens with one attached hydrogen (secondary N) is 1. The smallest absolute Gasteiger partial charge is 0.329 e. The predicted molar refractivity (Wildman–Crippen MR) is 80.0 cm³/mol. The van der Waals surface area contributed by atoms with Crippen LogP contribution in [0.2, 0.25) is 0 Å². The van der Waals surface area contributed by atoms with Gasteiger partial charge in [-0.2, -0.15) is 0 Å². The van der Waals surface area contributed by atoms with E-state index in [0.29, 0.717) is 11.3 Å². The zero-order chi connectivity index (χ0) is 16.2. The average Bonchev–Trinajstić information content (AvgIpc) is 2.78. The summed E-state index contributed by atoms with van der Waals surface area (Å²) in [5, 5.41) is 2.76. The second kappa shape index (κ2) is 6.78. The van der Waals surface area contributed by atoms with Gasteiger partial charge in [-0.3, -0.25) is 4.79 Å². The van der Waals surface area contributed by atoms with Gasteiger partial charge in [-0.05, 0) is 39.7 Å². The van der Waals surface area contributed by atoms with Gasteiger partial charge >= 0.3 is 5.97 Å². The van der Waals surface area contributed by atoms with Gasteiger partial charge in [-0.1, -0.05) is 20.3 Å². The molecule has 0 spiro atoms. The van der Waals surface area contributed by atoms with E-state index in [4.69, 9.17) is 9.15 Å². The Morgan fingerprint density at radius 1 is 1.38 bits per heavy atom. The van der Waals surface area contributed by atoms with Crippen LogP contribution in [0.3, 0.4) is 0 Å². The fraction of sp³-hybridized carbons (Fsp3) is 0.625. The molecule has 118 valence electrons. The van der Waals surface area contributed by atoms with Gasteiger partial charge < -0.3 is 14.5 Å². The number of carbonyl (C=O) groups is 2. The monoisotopic (exact) mass is 295 g/mol. The first-order valence-corrected chi connectivity index (χ1v) is 7.23. The molecule has 0 saturated heterocycles. The maximum Gasteiger partial charge on any atom is 0.329 e. The third-order valence-corrected chi connectivity index (χ3v) is 3.26. The molecule has 1 N–H and O–H groups in total. The maximum absolute atomic E-state index is 12.3. The van der Waals surface area contributed by atoms with Crippen molar-refractivity contribution < 1.29 is 18.7 Å². The number of hydrogen-bond donors (Lipinski definition) is 1. The highest BCUT2D eigenvalue weighted by Gasteiger charge is 2.31. The van der Waals surface area contributed by atoms with E-state index < -0.39 is 17.6 Å². The molecule has 0 fully saturated rings. The number of carbonyl (C=O) groups excluding carboxylic acids is 2. The largest absolute Gasteiger partial charge is 0.469 e. The van der Waals surface area contributed by atoms with Crippen LogP contribution >= 0.6 is 0 Å². The number of rotatable bonds is 5. The lowest BCUT2D eigenvalue weighted by atomic mass is 9.98. The molecular formula is C16H25NO4. The number of hydrogen-bond acceptors (Lipinski definition) is 4. The Labute approximate surface area is 126 Å². The van der Waals surface area contributed by atoms with Crippen molar-refractivity contribution in [1.82, 2.24) is 5.32 Å². The standard InChI is InChI=1S/C16H25NO4/c1-7-10(2)13(15(19)21-16(4,5)6)17-14(18)12-8-9-20-11(12)3/h8-10,13H,7H2,1-6H3,(H,17,18)/t10-,13-/m0/s1. The van der Waals surface area contributed by atoms with Gasteiger partial charge in [0.25, 0.3) is 5.91 Å². The highest BCUT2D eigenvalue weighted by atomic mass is 16.6. The van der Waals surface area contributed by atoms with Gasteiger partial charge in [-0.25, -0.2) is 4.79 Å². The van der Waals surface area contributed by atoms with Crippen LogP contribution in [0.5, 0.6) is 0 Å². The normalized spacial score (nSPS) is 14.4. The number of esters is 1. The first-order valence-electron chi connectivity index (χ1n) is 7.23. The zero-order valence-electron chi connectivity index (χ0n) is 13.6. The van der Waals surface area contributed by atoms with Crippen LogP contribution in [-0.2, 0) is 9.53 Å². The average molecular weight is 295 g/mol. The molecule has 5 nitrogen and oxygen atoms in total. The molecule has 21 heavy (non-hydrogen) atoms. The van der Waals surface area contributed by atoms with Crippen LogP contribution in [0.4, 0.5) is 0 Å². The van der Waals surface area contributed by atoms with E-state index in [-0.39, 0.29) is 11.8 Å². The first-order chi connectivity index (χ1) is 9.65. The molecule has 1 rings (SSSR count). The van der Waals surface area contributed by atoms with Crippen molar-refractivity contribution in [2.75, 3.05) is 0 Å². The lowest BCUT2D eigenvalue weighted by Crippen LogP contribution is -2.47. The minimum absolute atomic E-state index is 0.0176.